The van der Waals surface area contributed by atoms with Crippen LogP contribution in [0, 0.1) is 5.41 Å². The minimum Gasteiger partial charge on any atom is -0.481 e. The van der Waals surface area contributed by atoms with E-state index in [1.165, 1.54) is 11.9 Å². The van der Waals surface area contributed by atoms with Gasteiger partial charge in [0, 0.05) is 99.1 Å². The number of nitrogens with one attached hydrogen (secondary N) is 4. The number of amides is 6. The van der Waals surface area contributed by atoms with E-state index in [-0.39, 0.29) is 148 Å². The number of allylic oxidation sites excluding steroid dienone is 1. The Balaban J connectivity index is 1.74. The number of carbonyl (C=O) groups is 10. The second kappa shape index (κ2) is 33.6. The highest BCUT2D eigenvalue weighted by Gasteiger charge is 2.36. The molecule has 26 nitrogen and oxygen atoms in total. The molecule has 1 aliphatic carbocycles. The van der Waals surface area contributed by atoms with Crippen molar-refractivity contribution < 1.29 is 77.8 Å². The number of aliphatic carboxylic acids is 4. The van der Waals surface area contributed by atoms with Crippen molar-refractivity contribution in [1.29, 1.82) is 0 Å². The number of rotatable bonds is 28. The number of carboxylic acids is 4. The number of ether oxygens (including phenoxy) is 2. The molecule has 0 bridgehead atoms. The van der Waals surface area contributed by atoms with E-state index in [9.17, 15) is 63.3 Å². The number of carbonyl (C=O) groups excluding carboxylic acids is 6. The summed E-state index contributed by atoms with van der Waals surface area (Å²) < 4.78 is 10.7. The van der Waals surface area contributed by atoms with Gasteiger partial charge in [0.05, 0.1) is 57.8 Å². The van der Waals surface area contributed by atoms with Crippen LogP contribution in [-0.2, 0) is 52.6 Å². The molecule has 1 saturated heterocycles. The van der Waals surface area contributed by atoms with Crippen LogP contribution < -0.4 is 21.3 Å². The van der Waals surface area contributed by atoms with Crippen LogP contribution in [-0.4, -0.2) is 261 Å². The number of hydrogen-bond donors (Lipinski definition) is 8. The van der Waals surface area contributed by atoms with E-state index < -0.39 is 47.4 Å². The highest BCUT2D eigenvalue weighted by molar-refractivity contribution is 5.88. The van der Waals surface area contributed by atoms with E-state index in [2.05, 4.69) is 21.3 Å². The maximum Gasteiger partial charge on any atom is 0.410 e. The maximum atomic E-state index is 13.6. The molecule has 1 heterocycles. The molecule has 0 aromatic heterocycles. The zero-order chi connectivity index (χ0) is 52.8. The van der Waals surface area contributed by atoms with Gasteiger partial charge in [0.15, 0.2) is 0 Å². The normalized spacial score (nSPS) is 19.2. The van der Waals surface area contributed by atoms with Crippen molar-refractivity contribution in [3.63, 3.8) is 0 Å². The average molecular weight is 1010 g/mol. The molecule has 6 amide bonds. The molecule has 0 aromatic carbocycles. The Bertz CT molecular complexity index is 1770. The molecule has 26 heteroatoms. The van der Waals surface area contributed by atoms with Gasteiger partial charge in [0.25, 0.3) is 0 Å². The maximum absolute atomic E-state index is 13.6. The van der Waals surface area contributed by atoms with Gasteiger partial charge in [-0.15, -0.1) is 0 Å². The molecular formula is C45H76N10O16. The summed E-state index contributed by atoms with van der Waals surface area (Å²) in [7, 11) is 2.98. The summed E-state index contributed by atoms with van der Waals surface area (Å²) in [5, 5.41) is 47.8. The highest BCUT2D eigenvalue weighted by atomic mass is 16.6. The number of carboxylic acid groups (broad SMARTS) is 4. The number of nitrogens with zero attached hydrogens (tertiary/aromatic N) is 6. The Hall–Kier alpha value is -5.96. The first-order valence-corrected chi connectivity index (χ1v) is 23.9. The van der Waals surface area contributed by atoms with Crippen LogP contribution in [0.25, 0.3) is 0 Å². The molecule has 2 unspecified atom stereocenters. The fraction of sp³-hybridized carbons (Fsp3) is 0.733. The van der Waals surface area contributed by atoms with Crippen molar-refractivity contribution in [2.75, 3.05) is 145 Å². The predicted molar refractivity (Wildman–Crippen MR) is 254 cm³/mol. The molecule has 0 aromatic rings. The molecule has 0 spiro atoms. The first kappa shape index (κ1) is 61.2. The SMILES string of the molecule is CN(CC(=O)NCCCNC(=O)CCOCCC(=O)O)C(=O)OC1/C=C/CC(C)(C(=O)N(C)CC(=O)NCCCNC(=O)CN2CCN(CC(=O)O)CCN(CC(=O)O)CCN(CC(=O)O)CC2)CCC1. The molecule has 1 aliphatic heterocycles. The van der Waals surface area contributed by atoms with Gasteiger partial charge >= 0.3 is 30.0 Å². The van der Waals surface area contributed by atoms with Crippen LogP contribution in [0.5, 0.6) is 0 Å². The predicted octanol–water partition coefficient (Wildman–Crippen LogP) is -2.38. The molecule has 1 fully saturated rings. The molecule has 71 heavy (non-hydrogen) atoms. The third-order valence-electron chi connectivity index (χ3n) is 11.6. The number of hydrogen-bond acceptors (Lipinski definition) is 16. The summed E-state index contributed by atoms with van der Waals surface area (Å²) in [5.74, 6) is -5.75. The van der Waals surface area contributed by atoms with Crippen molar-refractivity contribution in [3.8, 4) is 0 Å². The van der Waals surface area contributed by atoms with Gasteiger partial charge in [0.1, 0.15) is 12.6 Å². The lowest BCUT2D eigenvalue weighted by molar-refractivity contribution is -0.143. The molecule has 2 rings (SSSR count). The van der Waals surface area contributed by atoms with Gasteiger partial charge in [0.2, 0.25) is 29.5 Å². The monoisotopic (exact) mass is 1010 g/mol. The van der Waals surface area contributed by atoms with Gasteiger partial charge in [-0.3, -0.25) is 62.8 Å². The van der Waals surface area contributed by atoms with Gasteiger partial charge in [-0.05, 0) is 44.6 Å². The van der Waals surface area contributed by atoms with Gasteiger partial charge < -0.3 is 61.0 Å². The summed E-state index contributed by atoms with van der Waals surface area (Å²) in [4.78, 5) is 131. The Kier molecular flexibility index (Phi) is 28.9. The van der Waals surface area contributed by atoms with Crippen LogP contribution in [0.1, 0.15) is 58.3 Å². The lowest BCUT2D eigenvalue weighted by Crippen LogP contribution is -2.50. The third-order valence-corrected chi connectivity index (χ3v) is 11.6. The average Bonchev–Trinajstić information content (AvgIpc) is 3.27. The van der Waals surface area contributed by atoms with Gasteiger partial charge in [-0.2, -0.15) is 0 Å². The van der Waals surface area contributed by atoms with Crippen LogP contribution >= 0.6 is 0 Å². The van der Waals surface area contributed by atoms with Crippen molar-refractivity contribution >= 4 is 59.5 Å². The van der Waals surface area contributed by atoms with Crippen molar-refractivity contribution in [1.82, 2.24) is 50.7 Å². The Morgan fingerprint density at radius 3 is 1.46 bits per heavy atom. The van der Waals surface area contributed by atoms with Crippen LogP contribution in [0.15, 0.2) is 12.2 Å². The van der Waals surface area contributed by atoms with Crippen molar-refractivity contribution in [3.05, 3.63) is 12.2 Å². The van der Waals surface area contributed by atoms with E-state index in [4.69, 9.17) is 14.6 Å². The second-order valence-electron chi connectivity index (χ2n) is 17.9. The van der Waals surface area contributed by atoms with E-state index in [1.807, 2.05) is 11.8 Å². The summed E-state index contributed by atoms with van der Waals surface area (Å²) in [6.45, 7) is 3.80. The zero-order valence-corrected chi connectivity index (χ0v) is 41.4. The summed E-state index contributed by atoms with van der Waals surface area (Å²) >= 11 is 0. The van der Waals surface area contributed by atoms with Crippen molar-refractivity contribution in [2.45, 2.75) is 64.4 Å². The summed E-state index contributed by atoms with van der Waals surface area (Å²) in [5.41, 5.74) is -0.824. The fourth-order valence-corrected chi connectivity index (χ4v) is 7.67. The topological polar surface area (TPSA) is 338 Å². The Labute approximate surface area is 414 Å². The Morgan fingerprint density at radius 2 is 1.00 bits per heavy atom. The quantitative estimate of drug-likeness (QED) is 0.0300. The minimum absolute atomic E-state index is 0.0236. The Morgan fingerprint density at radius 1 is 0.577 bits per heavy atom. The van der Waals surface area contributed by atoms with Gasteiger partial charge in [-0.1, -0.05) is 13.0 Å². The fourth-order valence-electron chi connectivity index (χ4n) is 7.67. The van der Waals surface area contributed by atoms with Crippen molar-refractivity contribution in [2.24, 2.45) is 5.41 Å². The minimum atomic E-state index is -1.05. The molecule has 2 aliphatic rings. The molecule has 8 N–H and O–H groups in total. The molecule has 2 atom stereocenters. The van der Waals surface area contributed by atoms with Gasteiger partial charge in [-0.25, -0.2) is 4.79 Å². The molecule has 0 saturated carbocycles. The molecule has 0 radical (unpaired) electrons. The smallest absolute Gasteiger partial charge is 0.410 e. The van der Waals surface area contributed by atoms with Crippen LogP contribution in [0.2, 0.25) is 0 Å². The van der Waals surface area contributed by atoms with Crippen LogP contribution in [0.4, 0.5) is 4.79 Å². The summed E-state index contributed by atoms with van der Waals surface area (Å²) in [6.07, 6.45) is 4.73. The lowest BCUT2D eigenvalue weighted by Gasteiger charge is -2.33. The van der Waals surface area contributed by atoms with E-state index in [1.54, 1.807) is 33.9 Å². The second-order valence-corrected chi connectivity index (χ2v) is 17.9. The van der Waals surface area contributed by atoms with E-state index in [0.29, 0.717) is 58.2 Å². The molecule has 402 valence electrons. The summed E-state index contributed by atoms with van der Waals surface area (Å²) in [6, 6.07) is 0. The van der Waals surface area contributed by atoms with Crippen LogP contribution in [0.3, 0.4) is 0 Å². The third kappa shape index (κ3) is 27.9. The standard InChI is InChI=1S/C45H76N10O16/c1-45(12-4-8-34(9-5-13-45)71-44(69)51(3)29-37(58)48-15-6-14-46-35(56)10-26-70-27-11-39(60)61)43(68)50(2)28-36(57)47-16-7-17-49-38(59)30-52-18-20-53(31-40(62)63)22-24-55(33-42(66)67)25-23-54(21-19-52)32-41(64)65/h4,8,34H,5-7,9-33H2,1-3H3,(H,46,56)(H,47,57)(H,48,58)(H,49,59)(H,60,61)(H,62,63)(H,64,65)(H,66,67)/b8-4+. The highest BCUT2D eigenvalue weighted by Crippen LogP contribution is 2.33. The van der Waals surface area contributed by atoms with E-state index >= 15 is 0 Å². The zero-order valence-electron chi connectivity index (χ0n) is 41.4. The largest absolute Gasteiger partial charge is 0.481 e. The first-order chi connectivity index (χ1) is 33.6. The first-order valence-electron chi connectivity index (χ1n) is 23.9. The molecular weight excluding hydrogens is 937 g/mol. The van der Waals surface area contributed by atoms with E-state index in [0.717, 1.165) is 4.90 Å². The number of likely N-dealkylation sites (N-methyl/N-ethyl adjacent to an activating group) is 2. The lowest BCUT2D eigenvalue weighted by atomic mass is 9.78.